The molecule has 2 amide bonds. The van der Waals surface area contributed by atoms with Crippen LogP contribution >= 0.6 is 0 Å². The Hall–Kier alpha value is -2.90. The van der Waals surface area contributed by atoms with Gasteiger partial charge in [0.05, 0.1) is 24.7 Å². The summed E-state index contributed by atoms with van der Waals surface area (Å²) >= 11 is 0. The Morgan fingerprint density at radius 1 is 1.36 bits per heavy atom. The second kappa shape index (κ2) is 7.33. The first-order valence-corrected chi connectivity index (χ1v) is 8.00. The third kappa shape index (κ3) is 3.78. The third-order valence-electron chi connectivity index (χ3n) is 4.37. The molecule has 0 aliphatic carbocycles. The topological polar surface area (TPSA) is 87.3 Å². The number of piperidine rings is 1. The number of urea groups is 1. The number of likely N-dealkylation sites (tertiary alicyclic amines) is 1. The molecule has 1 aliphatic heterocycles. The lowest BCUT2D eigenvalue weighted by Crippen LogP contribution is -2.40. The lowest BCUT2D eigenvalue weighted by Gasteiger charge is -2.31. The van der Waals surface area contributed by atoms with Crippen molar-refractivity contribution in [3.05, 3.63) is 47.8 Å². The zero-order valence-electron chi connectivity index (χ0n) is 13.8. The molecule has 2 heterocycles. The second-order valence-corrected chi connectivity index (χ2v) is 5.88. The minimum absolute atomic E-state index is 0.104. The monoisotopic (exact) mass is 346 g/mol. The number of ether oxygens (including phenoxy) is 1. The average Bonchev–Trinajstić information content (AvgIpc) is 3.16. The van der Waals surface area contributed by atoms with E-state index in [4.69, 9.17) is 0 Å². The van der Waals surface area contributed by atoms with Gasteiger partial charge in [-0.1, -0.05) is 0 Å². The van der Waals surface area contributed by atoms with Gasteiger partial charge in [0.2, 0.25) is 0 Å². The van der Waals surface area contributed by atoms with Crippen molar-refractivity contribution in [3.8, 4) is 0 Å². The minimum atomic E-state index is -0.631. The summed E-state index contributed by atoms with van der Waals surface area (Å²) in [6, 6.07) is 3.19. The highest BCUT2D eigenvalue weighted by molar-refractivity contribution is 6.00. The van der Waals surface area contributed by atoms with Crippen LogP contribution in [0.4, 0.5) is 14.9 Å². The van der Waals surface area contributed by atoms with Crippen LogP contribution in [0.15, 0.2) is 30.7 Å². The van der Waals surface area contributed by atoms with Crippen molar-refractivity contribution in [2.75, 3.05) is 25.5 Å². The molecular weight excluding hydrogens is 327 g/mol. The lowest BCUT2D eigenvalue weighted by atomic mass is 9.94. The first-order chi connectivity index (χ1) is 12.1. The Labute approximate surface area is 144 Å². The number of hydrogen-bond donors (Lipinski definition) is 2. The number of carbonyl (C=O) groups excluding carboxylic acids is 2. The quantitative estimate of drug-likeness (QED) is 0.837. The number of imidazole rings is 1. The molecule has 2 aromatic rings. The van der Waals surface area contributed by atoms with Gasteiger partial charge in [0.25, 0.3) is 0 Å². The zero-order valence-corrected chi connectivity index (χ0v) is 13.8. The first-order valence-electron chi connectivity index (χ1n) is 8.00. The van der Waals surface area contributed by atoms with Crippen LogP contribution in [0.1, 0.15) is 34.8 Å². The van der Waals surface area contributed by atoms with Gasteiger partial charge in [-0.05, 0) is 31.0 Å². The molecule has 8 heteroatoms. The maximum atomic E-state index is 13.5. The minimum Gasteiger partial charge on any atom is -0.465 e. The normalized spacial score (nSPS) is 15.0. The fourth-order valence-corrected chi connectivity index (χ4v) is 2.99. The van der Waals surface area contributed by atoms with Crippen molar-refractivity contribution in [3.63, 3.8) is 0 Å². The van der Waals surface area contributed by atoms with Crippen LogP contribution in [-0.4, -0.2) is 47.1 Å². The van der Waals surface area contributed by atoms with Gasteiger partial charge in [-0.25, -0.2) is 19.0 Å². The molecule has 0 atom stereocenters. The fourth-order valence-electron chi connectivity index (χ4n) is 2.99. The van der Waals surface area contributed by atoms with E-state index in [1.54, 1.807) is 17.4 Å². The standard InChI is InChI=1S/C17H19FN4O3/c1-25-16(23)13-3-2-12(18)8-14(13)21-17(24)22-6-4-11(5-7-22)15-9-19-10-20-15/h2-3,8-11H,4-7H2,1H3,(H,19,20)(H,21,24). The number of anilines is 1. The summed E-state index contributed by atoms with van der Waals surface area (Å²) in [5.74, 6) is -0.833. The number of nitrogens with zero attached hydrogens (tertiary/aromatic N) is 2. The van der Waals surface area contributed by atoms with Gasteiger partial charge in [-0.3, -0.25) is 0 Å². The Morgan fingerprint density at radius 2 is 2.12 bits per heavy atom. The van der Waals surface area contributed by atoms with E-state index in [0.29, 0.717) is 19.0 Å². The summed E-state index contributed by atoms with van der Waals surface area (Å²) in [5.41, 5.74) is 1.29. The Bertz CT molecular complexity index is 755. The molecule has 25 heavy (non-hydrogen) atoms. The van der Waals surface area contributed by atoms with Crippen LogP contribution < -0.4 is 5.32 Å². The van der Waals surface area contributed by atoms with E-state index >= 15 is 0 Å². The molecule has 1 aromatic heterocycles. The third-order valence-corrected chi connectivity index (χ3v) is 4.37. The number of rotatable bonds is 3. The SMILES string of the molecule is COC(=O)c1ccc(F)cc1NC(=O)N1CCC(c2cnc[nH]2)CC1. The first kappa shape index (κ1) is 16.9. The smallest absolute Gasteiger partial charge is 0.339 e. The van der Waals surface area contributed by atoms with Crippen molar-refractivity contribution in [2.45, 2.75) is 18.8 Å². The van der Waals surface area contributed by atoms with Crippen LogP contribution in [0.25, 0.3) is 0 Å². The molecule has 1 aromatic carbocycles. The van der Waals surface area contributed by atoms with E-state index in [2.05, 4.69) is 20.0 Å². The fraction of sp³-hybridized carbons (Fsp3) is 0.353. The number of carbonyl (C=O) groups is 2. The van der Waals surface area contributed by atoms with Crippen molar-refractivity contribution in [2.24, 2.45) is 0 Å². The van der Waals surface area contributed by atoms with E-state index < -0.39 is 11.8 Å². The molecule has 1 fully saturated rings. The predicted molar refractivity (Wildman–Crippen MR) is 88.9 cm³/mol. The summed E-state index contributed by atoms with van der Waals surface area (Å²) in [5, 5.41) is 2.61. The van der Waals surface area contributed by atoms with Crippen LogP contribution in [0.5, 0.6) is 0 Å². The molecule has 0 radical (unpaired) electrons. The molecule has 1 aliphatic rings. The Balaban J connectivity index is 1.65. The van der Waals surface area contributed by atoms with E-state index in [0.717, 1.165) is 30.7 Å². The summed E-state index contributed by atoms with van der Waals surface area (Å²) in [6.07, 6.45) is 5.06. The maximum absolute atomic E-state index is 13.5. The number of esters is 1. The van der Waals surface area contributed by atoms with Crippen molar-refractivity contribution < 1.29 is 18.7 Å². The Kier molecular flexibility index (Phi) is 4.97. The van der Waals surface area contributed by atoms with Gasteiger partial charge in [0.15, 0.2) is 0 Å². The number of H-pyrrole nitrogens is 1. The second-order valence-electron chi connectivity index (χ2n) is 5.88. The Morgan fingerprint density at radius 3 is 2.76 bits per heavy atom. The molecule has 0 saturated carbocycles. The van der Waals surface area contributed by atoms with Crippen molar-refractivity contribution in [1.29, 1.82) is 0 Å². The average molecular weight is 346 g/mol. The van der Waals surface area contributed by atoms with Crippen molar-refractivity contribution >= 4 is 17.7 Å². The van der Waals surface area contributed by atoms with Crippen molar-refractivity contribution in [1.82, 2.24) is 14.9 Å². The number of methoxy groups -OCH3 is 1. The predicted octanol–water partition coefficient (Wildman–Crippen LogP) is 2.75. The lowest BCUT2D eigenvalue weighted by molar-refractivity contribution is 0.0602. The maximum Gasteiger partial charge on any atom is 0.339 e. The molecule has 0 bridgehead atoms. The number of aromatic nitrogens is 2. The van der Waals surface area contributed by atoms with Gasteiger partial charge in [0, 0.05) is 30.9 Å². The summed E-state index contributed by atoms with van der Waals surface area (Å²) in [6.45, 7) is 1.14. The summed E-state index contributed by atoms with van der Waals surface area (Å²) in [7, 11) is 1.23. The molecule has 0 spiro atoms. The molecule has 7 nitrogen and oxygen atoms in total. The van der Waals surface area contributed by atoms with Crippen LogP contribution in [0.2, 0.25) is 0 Å². The molecule has 132 valence electrons. The molecule has 2 N–H and O–H groups in total. The number of benzene rings is 1. The number of aromatic amines is 1. The van der Waals surface area contributed by atoms with E-state index in [-0.39, 0.29) is 17.3 Å². The number of hydrogen-bond acceptors (Lipinski definition) is 4. The van der Waals surface area contributed by atoms with Gasteiger partial charge in [-0.2, -0.15) is 0 Å². The zero-order chi connectivity index (χ0) is 17.8. The molecule has 1 saturated heterocycles. The largest absolute Gasteiger partial charge is 0.465 e. The van der Waals surface area contributed by atoms with Gasteiger partial charge in [0.1, 0.15) is 5.82 Å². The summed E-state index contributed by atoms with van der Waals surface area (Å²) < 4.78 is 18.2. The van der Waals surface area contributed by atoms with E-state index in [9.17, 15) is 14.0 Å². The highest BCUT2D eigenvalue weighted by atomic mass is 19.1. The number of nitrogens with one attached hydrogen (secondary N) is 2. The molecular formula is C17H19FN4O3. The van der Waals surface area contributed by atoms with E-state index in [1.165, 1.54) is 13.2 Å². The highest BCUT2D eigenvalue weighted by Crippen LogP contribution is 2.27. The number of amides is 2. The van der Waals surface area contributed by atoms with Crippen LogP contribution in [-0.2, 0) is 4.74 Å². The highest BCUT2D eigenvalue weighted by Gasteiger charge is 2.25. The van der Waals surface area contributed by atoms with Gasteiger partial charge in [-0.15, -0.1) is 0 Å². The van der Waals surface area contributed by atoms with Crippen LogP contribution in [0, 0.1) is 5.82 Å². The van der Waals surface area contributed by atoms with Gasteiger partial charge >= 0.3 is 12.0 Å². The summed E-state index contributed by atoms with van der Waals surface area (Å²) in [4.78, 5) is 33.0. The molecule has 3 rings (SSSR count). The van der Waals surface area contributed by atoms with Crippen LogP contribution in [0.3, 0.4) is 0 Å². The number of halogens is 1. The van der Waals surface area contributed by atoms with E-state index in [1.807, 2.05) is 0 Å². The van der Waals surface area contributed by atoms with Gasteiger partial charge < -0.3 is 19.9 Å². The molecule has 0 unspecified atom stereocenters.